The number of aromatic nitrogens is 1. The van der Waals surface area contributed by atoms with Crippen LogP contribution in [-0.4, -0.2) is 85.0 Å². The molecule has 1 aromatic rings. The number of hydrogen-bond donors (Lipinski definition) is 1. The van der Waals surface area contributed by atoms with Crippen LogP contribution < -0.4 is 5.32 Å². The molecule has 6 heteroatoms. The molecule has 6 nitrogen and oxygen atoms in total. The van der Waals surface area contributed by atoms with E-state index in [4.69, 9.17) is 0 Å². The van der Waals surface area contributed by atoms with Gasteiger partial charge in [0.25, 0.3) is 0 Å². The highest BCUT2D eigenvalue weighted by atomic mass is 16.1. The van der Waals surface area contributed by atoms with Crippen LogP contribution in [0.5, 0.6) is 0 Å². The fourth-order valence-electron chi connectivity index (χ4n) is 4.50. The summed E-state index contributed by atoms with van der Waals surface area (Å²) in [5.74, 6) is 0.430. The Kier molecular flexibility index (Phi) is 8.25. The summed E-state index contributed by atoms with van der Waals surface area (Å²) in [4.78, 5) is 24.1. The van der Waals surface area contributed by atoms with Crippen molar-refractivity contribution < 1.29 is 4.79 Å². The van der Waals surface area contributed by atoms with E-state index < -0.39 is 0 Å². The lowest BCUT2D eigenvalue weighted by Crippen LogP contribution is -2.50. The molecule has 3 heterocycles. The van der Waals surface area contributed by atoms with Crippen LogP contribution in [0.2, 0.25) is 0 Å². The standard InChI is InChI=1S/C22H37N5O/c1-25(2)12-5-11-24-22(28)20-7-4-13-27(18-20)21-8-14-26(15-9-21)17-19-6-3-10-23-16-19/h3,6,10,16,20-21H,4-5,7-9,11-15,17-18H2,1-2H3,(H,24,28). The molecule has 1 atom stereocenters. The van der Waals surface area contributed by atoms with Crippen molar-refractivity contribution in [2.75, 3.05) is 53.4 Å². The van der Waals surface area contributed by atoms with Crippen LogP contribution in [-0.2, 0) is 11.3 Å². The van der Waals surface area contributed by atoms with Gasteiger partial charge in [0.1, 0.15) is 0 Å². The molecule has 0 radical (unpaired) electrons. The van der Waals surface area contributed by atoms with Crippen molar-refractivity contribution in [3.8, 4) is 0 Å². The van der Waals surface area contributed by atoms with Gasteiger partial charge in [-0.25, -0.2) is 0 Å². The average Bonchev–Trinajstić information content (AvgIpc) is 2.72. The lowest BCUT2D eigenvalue weighted by molar-refractivity contribution is -0.127. The Morgan fingerprint density at radius 3 is 2.79 bits per heavy atom. The summed E-state index contributed by atoms with van der Waals surface area (Å²) < 4.78 is 0. The molecule has 0 aliphatic carbocycles. The van der Waals surface area contributed by atoms with Crippen LogP contribution >= 0.6 is 0 Å². The topological polar surface area (TPSA) is 51.7 Å². The quantitative estimate of drug-likeness (QED) is 0.690. The van der Waals surface area contributed by atoms with Crippen molar-refractivity contribution in [2.24, 2.45) is 5.92 Å². The van der Waals surface area contributed by atoms with Crippen molar-refractivity contribution in [1.29, 1.82) is 0 Å². The minimum atomic E-state index is 0.168. The number of likely N-dealkylation sites (tertiary alicyclic amines) is 2. The molecular formula is C22H37N5O. The van der Waals surface area contributed by atoms with Gasteiger partial charge in [0.2, 0.25) is 5.91 Å². The highest BCUT2D eigenvalue weighted by molar-refractivity contribution is 5.78. The van der Waals surface area contributed by atoms with Crippen molar-refractivity contribution >= 4 is 5.91 Å². The largest absolute Gasteiger partial charge is 0.356 e. The maximum absolute atomic E-state index is 12.6. The molecule has 156 valence electrons. The van der Waals surface area contributed by atoms with Crippen molar-refractivity contribution in [1.82, 2.24) is 25.0 Å². The normalized spacial score (nSPS) is 22.5. The molecule has 1 N–H and O–H groups in total. The smallest absolute Gasteiger partial charge is 0.224 e. The first kappa shape index (κ1) is 21.2. The van der Waals surface area contributed by atoms with E-state index >= 15 is 0 Å². The number of piperidine rings is 2. The summed E-state index contributed by atoms with van der Waals surface area (Å²) in [6, 6.07) is 4.81. The number of nitrogens with one attached hydrogen (secondary N) is 1. The molecule has 1 aromatic heterocycles. The number of nitrogens with zero attached hydrogens (tertiary/aromatic N) is 4. The summed E-state index contributed by atoms with van der Waals surface area (Å²) >= 11 is 0. The number of pyridine rings is 1. The molecule has 2 fully saturated rings. The van der Waals surface area contributed by atoms with E-state index in [1.54, 1.807) is 0 Å². The molecule has 0 aromatic carbocycles. The first-order chi connectivity index (χ1) is 13.6. The Labute approximate surface area is 170 Å². The first-order valence-corrected chi connectivity index (χ1v) is 10.9. The van der Waals surface area contributed by atoms with E-state index in [1.807, 2.05) is 18.5 Å². The minimum Gasteiger partial charge on any atom is -0.356 e. The fourth-order valence-corrected chi connectivity index (χ4v) is 4.50. The molecule has 3 rings (SSSR count). The maximum atomic E-state index is 12.6. The van der Waals surface area contributed by atoms with E-state index in [2.05, 4.69) is 45.2 Å². The molecule has 0 saturated carbocycles. The van der Waals surface area contributed by atoms with Crippen LogP contribution in [0.15, 0.2) is 24.5 Å². The van der Waals surface area contributed by atoms with Crippen LogP contribution in [0, 0.1) is 5.92 Å². The molecule has 2 aliphatic rings. The lowest BCUT2D eigenvalue weighted by Gasteiger charge is -2.42. The van der Waals surface area contributed by atoms with Gasteiger partial charge in [0.15, 0.2) is 0 Å². The van der Waals surface area contributed by atoms with Gasteiger partial charge < -0.3 is 10.2 Å². The number of amides is 1. The third-order valence-electron chi connectivity index (χ3n) is 6.11. The summed E-state index contributed by atoms with van der Waals surface area (Å²) in [7, 11) is 4.14. The minimum absolute atomic E-state index is 0.168. The number of hydrogen-bond acceptors (Lipinski definition) is 5. The van der Waals surface area contributed by atoms with Crippen LogP contribution in [0.4, 0.5) is 0 Å². The zero-order valence-electron chi connectivity index (χ0n) is 17.6. The first-order valence-electron chi connectivity index (χ1n) is 10.9. The zero-order chi connectivity index (χ0) is 19.8. The van der Waals surface area contributed by atoms with E-state index in [-0.39, 0.29) is 11.8 Å². The van der Waals surface area contributed by atoms with Gasteiger partial charge in [0, 0.05) is 38.1 Å². The summed E-state index contributed by atoms with van der Waals surface area (Å²) in [6.45, 7) is 7.17. The van der Waals surface area contributed by atoms with Gasteiger partial charge in [-0.15, -0.1) is 0 Å². The third-order valence-corrected chi connectivity index (χ3v) is 6.11. The Hall–Kier alpha value is -1.50. The molecule has 1 unspecified atom stereocenters. The Balaban J connectivity index is 1.39. The van der Waals surface area contributed by atoms with Gasteiger partial charge in [-0.1, -0.05) is 6.07 Å². The second-order valence-electron chi connectivity index (χ2n) is 8.65. The SMILES string of the molecule is CN(C)CCCNC(=O)C1CCCN(C2CCN(Cc3cccnc3)CC2)C1. The van der Waals surface area contributed by atoms with Gasteiger partial charge in [-0.2, -0.15) is 0 Å². The van der Waals surface area contributed by atoms with Gasteiger partial charge in [-0.05, 0) is 84.0 Å². The molecule has 2 saturated heterocycles. The summed E-state index contributed by atoms with van der Waals surface area (Å²) in [5, 5.41) is 3.16. The highest BCUT2D eigenvalue weighted by Gasteiger charge is 2.31. The molecule has 1 amide bonds. The monoisotopic (exact) mass is 387 g/mol. The fraction of sp³-hybridized carbons (Fsp3) is 0.727. The Morgan fingerprint density at radius 2 is 2.07 bits per heavy atom. The Bertz CT molecular complexity index is 586. The van der Waals surface area contributed by atoms with Crippen LogP contribution in [0.3, 0.4) is 0 Å². The van der Waals surface area contributed by atoms with Crippen molar-refractivity contribution in [2.45, 2.75) is 44.7 Å². The predicted octanol–water partition coefficient (Wildman–Crippen LogP) is 1.83. The zero-order valence-corrected chi connectivity index (χ0v) is 17.6. The van der Waals surface area contributed by atoms with Crippen molar-refractivity contribution in [3.63, 3.8) is 0 Å². The van der Waals surface area contributed by atoms with E-state index in [0.29, 0.717) is 6.04 Å². The van der Waals surface area contributed by atoms with E-state index in [9.17, 15) is 4.79 Å². The molecule has 0 bridgehead atoms. The van der Waals surface area contributed by atoms with Crippen LogP contribution in [0.1, 0.15) is 37.7 Å². The third kappa shape index (κ3) is 6.54. The Morgan fingerprint density at radius 1 is 1.25 bits per heavy atom. The second-order valence-corrected chi connectivity index (χ2v) is 8.65. The maximum Gasteiger partial charge on any atom is 0.224 e. The summed E-state index contributed by atoms with van der Waals surface area (Å²) in [5.41, 5.74) is 1.30. The summed E-state index contributed by atoms with van der Waals surface area (Å²) in [6.07, 6.45) is 9.42. The van der Waals surface area contributed by atoms with Crippen molar-refractivity contribution in [3.05, 3.63) is 30.1 Å². The molecular weight excluding hydrogens is 350 g/mol. The number of rotatable bonds is 8. The predicted molar refractivity (Wildman–Crippen MR) is 113 cm³/mol. The highest BCUT2D eigenvalue weighted by Crippen LogP contribution is 2.24. The molecule has 2 aliphatic heterocycles. The lowest BCUT2D eigenvalue weighted by atomic mass is 9.93. The average molecular weight is 388 g/mol. The second kappa shape index (κ2) is 10.9. The van der Waals surface area contributed by atoms with Gasteiger partial charge in [-0.3, -0.25) is 19.6 Å². The molecule has 28 heavy (non-hydrogen) atoms. The number of carbonyl (C=O) groups excluding carboxylic acids is 1. The van der Waals surface area contributed by atoms with Gasteiger partial charge in [0.05, 0.1) is 5.92 Å². The molecule has 0 spiro atoms. The van der Waals surface area contributed by atoms with E-state index in [0.717, 1.165) is 65.1 Å². The number of carbonyl (C=O) groups is 1. The van der Waals surface area contributed by atoms with E-state index in [1.165, 1.54) is 18.4 Å². The van der Waals surface area contributed by atoms with Crippen LogP contribution in [0.25, 0.3) is 0 Å². The van der Waals surface area contributed by atoms with Gasteiger partial charge >= 0.3 is 0 Å².